The molecule has 1 amide bonds. The quantitative estimate of drug-likeness (QED) is 0.176. The Balaban J connectivity index is 1.29. The topological polar surface area (TPSA) is 148 Å². The van der Waals surface area contributed by atoms with Gasteiger partial charge in [0, 0.05) is 33.3 Å². The summed E-state index contributed by atoms with van der Waals surface area (Å²) in [5, 5.41) is 4.16. The van der Waals surface area contributed by atoms with Crippen molar-refractivity contribution in [3.63, 3.8) is 0 Å². The molecule has 2 heterocycles. The van der Waals surface area contributed by atoms with E-state index in [9.17, 15) is 22.9 Å². The lowest BCUT2D eigenvalue weighted by Crippen LogP contribution is -2.41. The van der Waals surface area contributed by atoms with Crippen molar-refractivity contribution in [2.75, 3.05) is 26.7 Å². The molecule has 218 valence electrons. The van der Waals surface area contributed by atoms with Crippen molar-refractivity contribution >= 4 is 33.8 Å². The number of esters is 1. The van der Waals surface area contributed by atoms with E-state index in [-0.39, 0.29) is 29.1 Å². The monoisotopic (exact) mass is 600 g/mol. The molecule has 0 unspecified atom stereocenters. The van der Waals surface area contributed by atoms with Crippen LogP contribution in [-0.4, -0.2) is 61.8 Å². The van der Waals surface area contributed by atoms with Gasteiger partial charge in [0.05, 0.1) is 23.5 Å². The van der Waals surface area contributed by atoms with Crippen molar-refractivity contribution in [1.82, 2.24) is 14.8 Å². The molecule has 0 saturated carbocycles. The third-order valence-corrected chi connectivity index (χ3v) is 9.58. The van der Waals surface area contributed by atoms with Gasteiger partial charge in [-0.15, -0.1) is 4.91 Å². The molecule has 1 saturated heterocycles. The standard InChI is InChI=1S/C28H32N4O7S2/c1-20-26(27(29-39-20)22-6-4-3-5-7-22)21-8-10-23(11-9-21)41(36,37)30-24(33)12-13-25(34)38-19-16-28(40-31-35)14-17-32(2)18-15-28/h3-11H,12-19H2,1-2H3,(H,30,33). The number of likely N-dealkylation sites (tertiary alicyclic amines) is 1. The highest BCUT2D eigenvalue weighted by molar-refractivity contribution is 7.99. The number of ether oxygens (including phenoxy) is 1. The number of aryl methyl sites for hydroxylation is 1. The van der Waals surface area contributed by atoms with Crippen molar-refractivity contribution in [3.8, 4) is 22.4 Å². The van der Waals surface area contributed by atoms with Gasteiger partial charge in [-0.05, 0) is 64.0 Å². The molecule has 0 radical (unpaired) electrons. The Kier molecular flexibility index (Phi) is 9.94. The number of rotatable bonds is 12. The number of hydrogen-bond donors (Lipinski definition) is 1. The van der Waals surface area contributed by atoms with Gasteiger partial charge in [-0.1, -0.05) is 47.6 Å². The Morgan fingerprint density at radius 2 is 1.76 bits per heavy atom. The van der Waals surface area contributed by atoms with E-state index in [1.165, 1.54) is 12.1 Å². The molecule has 0 spiro atoms. The van der Waals surface area contributed by atoms with Crippen LogP contribution in [0.4, 0.5) is 0 Å². The molecule has 4 rings (SSSR count). The summed E-state index contributed by atoms with van der Waals surface area (Å²) in [6.45, 7) is 3.51. The SMILES string of the molecule is Cc1onc(-c2ccccc2)c1-c1ccc(S(=O)(=O)NC(=O)CCC(=O)OCCC2(SN=O)CCN(C)CC2)cc1. The molecule has 11 nitrogen and oxygen atoms in total. The van der Waals surface area contributed by atoms with Gasteiger partial charge in [0.1, 0.15) is 11.5 Å². The first-order chi connectivity index (χ1) is 19.6. The average Bonchev–Trinajstić information content (AvgIpc) is 3.35. The van der Waals surface area contributed by atoms with Crippen LogP contribution in [0, 0.1) is 11.8 Å². The number of nitrogens with one attached hydrogen (secondary N) is 1. The molecular formula is C28H32N4O7S2. The highest BCUT2D eigenvalue weighted by atomic mass is 32.2. The van der Waals surface area contributed by atoms with Crippen LogP contribution >= 0.6 is 11.9 Å². The Bertz CT molecular complexity index is 1470. The summed E-state index contributed by atoms with van der Waals surface area (Å²) >= 11 is 0.989. The number of nitrogens with zero attached hydrogens (tertiary/aromatic N) is 3. The number of hydrogen-bond acceptors (Lipinski definition) is 11. The first-order valence-corrected chi connectivity index (χ1v) is 15.4. The van der Waals surface area contributed by atoms with Gasteiger partial charge in [0.25, 0.3) is 10.0 Å². The maximum atomic E-state index is 12.8. The van der Waals surface area contributed by atoms with Crippen molar-refractivity contribution < 1.29 is 27.3 Å². The number of nitroso groups, excluding NO2 is 1. The molecule has 1 fully saturated rings. The predicted octanol–water partition coefficient (Wildman–Crippen LogP) is 4.71. The lowest BCUT2D eigenvalue weighted by molar-refractivity contribution is -0.145. The maximum Gasteiger partial charge on any atom is 0.306 e. The average molecular weight is 601 g/mol. The van der Waals surface area contributed by atoms with Crippen molar-refractivity contribution in [2.24, 2.45) is 4.58 Å². The van der Waals surface area contributed by atoms with Gasteiger partial charge < -0.3 is 14.2 Å². The number of sulfonamides is 1. The largest absolute Gasteiger partial charge is 0.466 e. The highest BCUT2D eigenvalue weighted by Crippen LogP contribution is 2.39. The Morgan fingerprint density at radius 3 is 2.41 bits per heavy atom. The van der Waals surface area contributed by atoms with Gasteiger partial charge in [0.2, 0.25) is 5.91 Å². The summed E-state index contributed by atoms with van der Waals surface area (Å²) in [5.41, 5.74) is 2.95. The minimum absolute atomic E-state index is 0.0922. The van der Waals surface area contributed by atoms with Crippen molar-refractivity contribution in [3.05, 3.63) is 65.3 Å². The maximum absolute atomic E-state index is 12.8. The van der Waals surface area contributed by atoms with E-state index in [2.05, 4.69) is 14.6 Å². The summed E-state index contributed by atoms with van der Waals surface area (Å²) < 4.78 is 40.9. The summed E-state index contributed by atoms with van der Waals surface area (Å²) in [5.74, 6) is -0.854. The predicted molar refractivity (Wildman–Crippen MR) is 155 cm³/mol. The zero-order valence-corrected chi connectivity index (χ0v) is 24.5. The number of aromatic nitrogens is 1. The van der Waals surface area contributed by atoms with E-state index in [1.807, 2.05) is 42.1 Å². The Morgan fingerprint density at radius 1 is 1.07 bits per heavy atom. The van der Waals surface area contributed by atoms with Crippen LogP contribution in [0.3, 0.4) is 0 Å². The summed E-state index contributed by atoms with van der Waals surface area (Å²) in [6, 6.07) is 15.5. The summed E-state index contributed by atoms with van der Waals surface area (Å²) in [4.78, 5) is 37.5. The van der Waals surface area contributed by atoms with E-state index in [0.29, 0.717) is 23.4 Å². The smallest absolute Gasteiger partial charge is 0.306 e. The minimum atomic E-state index is -4.15. The molecule has 13 heteroatoms. The normalized spacial score (nSPS) is 15.3. The second-order valence-corrected chi connectivity index (χ2v) is 12.9. The molecule has 1 aliphatic rings. The third-order valence-electron chi connectivity index (χ3n) is 7.12. The zero-order valence-electron chi connectivity index (χ0n) is 22.9. The molecule has 3 aromatic rings. The van der Waals surface area contributed by atoms with E-state index in [1.54, 1.807) is 19.1 Å². The number of benzene rings is 2. The zero-order chi connectivity index (χ0) is 29.5. The fourth-order valence-corrected chi connectivity index (χ4v) is 6.41. The van der Waals surface area contributed by atoms with E-state index >= 15 is 0 Å². The first-order valence-electron chi connectivity index (χ1n) is 13.2. The van der Waals surface area contributed by atoms with Gasteiger partial charge in [-0.3, -0.25) is 9.59 Å². The second-order valence-electron chi connectivity index (χ2n) is 10.0. The van der Waals surface area contributed by atoms with Crippen LogP contribution in [0.25, 0.3) is 22.4 Å². The number of piperidine rings is 1. The van der Waals surface area contributed by atoms with Crippen LogP contribution in [0.5, 0.6) is 0 Å². The minimum Gasteiger partial charge on any atom is -0.466 e. The molecule has 0 atom stereocenters. The van der Waals surface area contributed by atoms with E-state index in [0.717, 1.165) is 49.0 Å². The Hall–Kier alpha value is -3.55. The lowest BCUT2D eigenvalue weighted by atomic mass is 9.93. The lowest BCUT2D eigenvalue weighted by Gasteiger charge is -2.37. The van der Waals surface area contributed by atoms with Crippen molar-refractivity contribution in [2.45, 2.75) is 48.7 Å². The van der Waals surface area contributed by atoms with Crippen LogP contribution in [0.1, 0.15) is 37.9 Å². The highest BCUT2D eigenvalue weighted by Gasteiger charge is 2.35. The van der Waals surface area contributed by atoms with Crippen LogP contribution in [-0.2, 0) is 24.3 Å². The molecule has 1 aliphatic heterocycles. The van der Waals surface area contributed by atoms with Gasteiger partial charge in [-0.2, -0.15) is 0 Å². The van der Waals surface area contributed by atoms with Crippen LogP contribution < -0.4 is 4.72 Å². The molecule has 41 heavy (non-hydrogen) atoms. The Labute approximate surface area is 243 Å². The van der Waals surface area contributed by atoms with Gasteiger partial charge in [-0.25, -0.2) is 13.1 Å². The number of amides is 1. The molecule has 1 aromatic heterocycles. The molecular weight excluding hydrogens is 568 g/mol. The summed E-state index contributed by atoms with van der Waals surface area (Å²) in [6.07, 6.45) is 1.36. The van der Waals surface area contributed by atoms with Crippen LogP contribution in [0.2, 0.25) is 0 Å². The van der Waals surface area contributed by atoms with E-state index < -0.39 is 21.9 Å². The third kappa shape index (κ3) is 7.80. The molecule has 0 bridgehead atoms. The van der Waals surface area contributed by atoms with Crippen molar-refractivity contribution in [1.29, 1.82) is 0 Å². The number of carbonyl (C=O) groups is 2. The summed E-state index contributed by atoms with van der Waals surface area (Å²) in [7, 11) is -2.15. The number of carbonyl (C=O) groups excluding carboxylic acids is 2. The fraction of sp³-hybridized carbons (Fsp3) is 0.393. The molecule has 0 aliphatic carbocycles. The second kappa shape index (κ2) is 13.4. The first kappa shape index (κ1) is 30.4. The fourth-order valence-electron chi connectivity index (χ4n) is 4.70. The molecule has 2 aromatic carbocycles. The molecule has 1 N–H and O–H groups in total. The van der Waals surface area contributed by atoms with Gasteiger partial charge >= 0.3 is 5.97 Å². The van der Waals surface area contributed by atoms with Gasteiger partial charge in [0.15, 0.2) is 0 Å². The van der Waals surface area contributed by atoms with E-state index in [4.69, 9.17) is 9.26 Å². The van der Waals surface area contributed by atoms with Crippen LogP contribution in [0.15, 0.2) is 68.6 Å².